The van der Waals surface area contributed by atoms with Gasteiger partial charge in [0.25, 0.3) is 11.8 Å². The number of carbonyl (C=O) groups excluding carboxylic acids is 3. The van der Waals surface area contributed by atoms with Gasteiger partial charge in [-0.3, -0.25) is 19.2 Å². The smallest absolute Gasteiger partial charge is 0.322 e. The molecule has 0 fully saturated rings. The van der Waals surface area contributed by atoms with E-state index < -0.39 is 36.3 Å². The first-order valence-electron chi connectivity index (χ1n) is 10.2. The van der Waals surface area contributed by atoms with Crippen LogP contribution in [0.5, 0.6) is 0 Å². The first-order valence-corrected chi connectivity index (χ1v) is 10.2. The minimum absolute atomic E-state index is 0.0372. The predicted octanol–water partition coefficient (Wildman–Crippen LogP) is 2.19. The number of hydrogen-bond acceptors (Lipinski definition) is 4. The third-order valence-electron chi connectivity index (χ3n) is 4.38. The number of carboxylic acids is 1. The molecule has 0 heterocycles. The Morgan fingerprint density at radius 3 is 2.09 bits per heavy atom. The van der Waals surface area contributed by atoms with E-state index in [1.54, 1.807) is 54.6 Å². The van der Waals surface area contributed by atoms with Crippen LogP contribution in [-0.4, -0.2) is 41.4 Å². The van der Waals surface area contributed by atoms with Crippen LogP contribution in [0.3, 0.4) is 0 Å². The lowest BCUT2D eigenvalue weighted by Gasteiger charge is -2.21. The lowest BCUT2D eigenvalue weighted by Crippen LogP contribution is -2.50. The molecule has 0 saturated carbocycles. The van der Waals surface area contributed by atoms with Crippen LogP contribution in [0.25, 0.3) is 6.08 Å². The summed E-state index contributed by atoms with van der Waals surface area (Å²) in [5.74, 6) is -2.88. The maximum atomic E-state index is 13.1. The van der Waals surface area contributed by atoms with E-state index in [2.05, 4.69) is 16.0 Å². The van der Waals surface area contributed by atoms with Gasteiger partial charge < -0.3 is 21.1 Å². The number of benzene rings is 2. The van der Waals surface area contributed by atoms with Crippen molar-refractivity contribution >= 4 is 29.8 Å². The lowest BCUT2D eigenvalue weighted by atomic mass is 10.0. The van der Waals surface area contributed by atoms with Gasteiger partial charge in [-0.05, 0) is 36.1 Å². The third kappa shape index (κ3) is 8.06. The summed E-state index contributed by atoms with van der Waals surface area (Å²) in [4.78, 5) is 48.9. The SMILES string of the molecule is CC(C)C[C@H](NC(=O)C(=Cc1ccccc1)NC(=O)c1ccccc1)C(=O)NCC(=O)O. The molecule has 0 aliphatic rings. The molecule has 0 unspecified atom stereocenters. The van der Waals surface area contributed by atoms with Crippen LogP contribution >= 0.6 is 0 Å². The van der Waals surface area contributed by atoms with Gasteiger partial charge in [-0.1, -0.05) is 62.4 Å². The van der Waals surface area contributed by atoms with Gasteiger partial charge in [0.05, 0.1) is 0 Å². The van der Waals surface area contributed by atoms with Crippen LogP contribution < -0.4 is 16.0 Å². The fourth-order valence-corrected chi connectivity index (χ4v) is 2.88. The van der Waals surface area contributed by atoms with Crippen LogP contribution in [0, 0.1) is 5.92 Å². The van der Waals surface area contributed by atoms with E-state index in [1.807, 2.05) is 19.9 Å². The molecule has 0 spiro atoms. The molecular formula is C24H27N3O5. The highest BCUT2D eigenvalue weighted by atomic mass is 16.4. The Balaban J connectivity index is 2.26. The van der Waals surface area contributed by atoms with Gasteiger partial charge in [-0.25, -0.2) is 0 Å². The molecule has 1 atom stereocenters. The second kappa shape index (κ2) is 12.0. The summed E-state index contributed by atoms with van der Waals surface area (Å²) in [7, 11) is 0. The van der Waals surface area contributed by atoms with Crippen molar-refractivity contribution in [1.82, 2.24) is 16.0 Å². The van der Waals surface area contributed by atoms with E-state index >= 15 is 0 Å². The Bertz CT molecular complexity index is 972. The molecule has 0 aliphatic carbocycles. The van der Waals surface area contributed by atoms with E-state index in [4.69, 9.17) is 5.11 Å². The zero-order valence-corrected chi connectivity index (χ0v) is 18.0. The van der Waals surface area contributed by atoms with E-state index in [0.717, 1.165) is 0 Å². The molecular weight excluding hydrogens is 410 g/mol. The van der Waals surface area contributed by atoms with Crippen LogP contribution in [0.4, 0.5) is 0 Å². The van der Waals surface area contributed by atoms with Crippen LogP contribution in [0.2, 0.25) is 0 Å². The first kappa shape index (κ1) is 24.3. The summed E-state index contributed by atoms with van der Waals surface area (Å²) in [5.41, 5.74) is 1.02. The Kier molecular flexibility index (Phi) is 9.16. The van der Waals surface area contributed by atoms with E-state index in [9.17, 15) is 19.2 Å². The van der Waals surface area contributed by atoms with Crippen LogP contribution in [0.1, 0.15) is 36.2 Å². The van der Waals surface area contributed by atoms with Gasteiger partial charge in [0.1, 0.15) is 18.3 Å². The van der Waals surface area contributed by atoms with Gasteiger partial charge in [0.15, 0.2) is 0 Å². The minimum Gasteiger partial charge on any atom is -0.480 e. The Morgan fingerprint density at radius 2 is 1.53 bits per heavy atom. The van der Waals surface area contributed by atoms with Crippen molar-refractivity contribution in [2.45, 2.75) is 26.3 Å². The molecule has 8 nitrogen and oxygen atoms in total. The van der Waals surface area contributed by atoms with Crippen LogP contribution in [0.15, 0.2) is 66.4 Å². The summed E-state index contributed by atoms with van der Waals surface area (Å²) in [5, 5.41) is 16.3. The number of aliphatic carboxylic acids is 1. The normalized spacial score (nSPS) is 12.0. The monoisotopic (exact) mass is 437 g/mol. The summed E-state index contributed by atoms with van der Waals surface area (Å²) in [6.45, 7) is 3.20. The average Bonchev–Trinajstić information content (AvgIpc) is 2.77. The summed E-state index contributed by atoms with van der Waals surface area (Å²) in [6, 6.07) is 16.4. The fraction of sp³-hybridized carbons (Fsp3) is 0.250. The molecule has 0 aliphatic heterocycles. The molecule has 168 valence electrons. The van der Waals surface area contributed by atoms with E-state index in [1.165, 1.54) is 6.08 Å². The number of nitrogens with one attached hydrogen (secondary N) is 3. The second-order valence-corrected chi connectivity index (χ2v) is 7.56. The number of carbonyl (C=O) groups is 4. The van der Waals surface area contributed by atoms with Crippen molar-refractivity contribution in [1.29, 1.82) is 0 Å². The summed E-state index contributed by atoms with van der Waals surface area (Å²) >= 11 is 0. The van der Waals surface area contributed by atoms with Crippen molar-refractivity contribution in [3.8, 4) is 0 Å². The maximum absolute atomic E-state index is 13.1. The van der Waals surface area contributed by atoms with Crippen molar-refractivity contribution in [3.05, 3.63) is 77.5 Å². The minimum atomic E-state index is -1.19. The molecule has 3 amide bonds. The molecule has 0 saturated heterocycles. The molecule has 4 N–H and O–H groups in total. The summed E-state index contributed by atoms with van der Waals surface area (Å²) < 4.78 is 0. The lowest BCUT2D eigenvalue weighted by molar-refractivity contribution is -0.138. The highest BCUT2D eigenvalue weighted by Crippen LogP contribution is 2.10. The molecule has 8 heteroatoms. The molecule has 2 aromatic carbocycles. The molecule has 32 heavy (non-hydrogen) atoms. The average molecular weight is 437 g/mol. The maximum Gasteiger partial charge on any atom is 0.322 e. The Morgan fingerprint density at radius 1 is 0.938 bits per heavy atom. The standard InChI is InChI=1S/C24H27N3O5/c1-16(2)13-19(23(31)25-15-21(28)29)27-24(32)20(14-17-9-5-3-6-10-17)26-22(30)18-11-7-4-8-12-18/h3-12,14,16,19H,13,15H2,1-2H3,(H,25,31)(H,26,30)(H,27,32)(H,28,29)/t19-/m0/s1. The second-order valence-electron chi connectivity index (χ2n) is 7.56. The van der Waals surface area contributed by atoms with E-state index in [0.29, 0.717) is 17.5 Å². The third-order valence-corrected chi connectivity index (χ3v) is 4.38. The number of amides is 3. The zero-order chi connectivity index (χ0) is 23.5. The number of hydrogen-bond donors (Lipinski definition) is 4. The topological polar surface area (TPSA) is 125 Å². The summed E-state index contributed by atoms with van der Waals surface area (Å²) in [6.07, 6.45) is 1.81. The molecule has 0 radical (unpaired) electrons. The highest BCUT2D eigenvalue weighted by Gasteiger charge is 2.24. The van der Waals surface area contributed by atoms with Crippen molar-refractivity contribution in [2.75, 3.05) is 6.54 Å². The van der Waals surface area contributed by atoms with Crippen molar-refractivity contribution < 1.29 is 24.3 Å². The van der Waals surface area contributed by atoms with Gasteiger partial charge in [-0.2, -0.15) is 0 Å². The zero-order valence-electron chi connectivity index (χ0n) is 18.0. The quantitative estimate of drug-likeness (QED) is 0.424. The molecule has 2 rings (SSSR count). The number of carboxylic acid groups (broad SMARTS) is 1. The molecule has 2 aromatic rings. The first-order chi connectivity index (χ1) is 15.3. The van der Waals surface area contributed by atoms with Crippen LogP contribution in [-0.2, 0) is 14.4 Å². The van der Waals surface area contributed by atoms with Gasteiger partial charge in [-0.15, -0.1) is 0 Å². The van der Waals surface area contributed by atoms with E-state index in [-0.39, 0.29) is 11.6 Å². The Hall–Kier alpha value is -3.94. The van der Waals surface area contributed by atoms with Gasteiger partial charge >= 0.3 is 5.97 Å². The Labute approximate surface area is 186 Å². The fourth-order valence-electron chi connectivity index (χ4n) is 2.88. The van der Waals surface area contributed by atoms with Gasteiger partial charge in [0, 0.05) is 5.56 Å². The molecule has 0 aromatic heterocycles. The molecule has 0 bridgehead atoms. The predicted molar refractivity (Wildman–Crippen MR) is 120 cm³/mol. The number of rotatable bonds is 10. The van der Waals surface area contributed by atoms with Crippen molar-refractivity contribution in [2.24, 2.45) is 5.92 Å². The highest BCUT2D eigenvalue weighted by molar-refractivity contribution is 6.06. The largest absolute Gasteiger partial charge is 0.480 e. The van der Waals surface area contributed by atoms with Gasteiger partial charge in [0.2, 0.25) is 5.91 Å². The van der Waals surface area contributed by atoms with Crippen molar-refractivity contribution in [3.63, 3.8) is 0 Å².